The van der Waals surface area contributed by atoms with Gasteiger partial charge in [-0.25, -0.2) is 4.39 Å². The third kappa shape index (κ3) is 3.86. The molecule has 1 amide bonds. The van der Waals surface area contributed by atoms with E-state index in [-0.39, 0.29) is 31.5 Å². The Hall–Kier alpha value is -1.62. The van der Waals surface area contributed by atoms with Crippen LogP contribution in [0.25, 0.3) is 0 Å². The number of amides is 1. The van der Waals surface area contributed by atoms with E-state index in [1.165, 1.54) is 29.2 Å². The Kier molecular flexibility index (Phi) is 4.72. The van der Waals surface area contributed by atoms with E-state index in [0.29, 0.717) is 5.75 Å². The van der Waals surface area contributed by atoms with E-state index in [1.54, 1.807) is 7.05 Å². The highest BCUT2D eigenvalue weighted by atomic mass is 19.1. The molecule has 16 heavy (non-hydrogen) atoms. The minimum absolute atomic E-state index is 0.0845. The van der Waals surface area contributed by atoms with Crippen LogP contribution >= 0.6 is 0 Å². The second-order valence-electron chi connectivity index (χ2n) is 3.28. The number of ether oxygens (including phenoxy) is 1. The number of nitrogens with zero attached hydrogens (tertiary/aromatic N) is 1. The van der Waals surface area contributed by atoms with Gasteiger partial charge in [0.2, 0.25) is 0 Å². The number of carbonyl (C=O) groups excluding carboxylic acids is 1. The number of likely N-dealkylation sites (N-methyl/N-ethyl adjacent to an activating group) is 1. The smallest absolute Gasteiger partial charge is 0.260 e. The fourth-order valence-electron chi connectivity index (χ4n) is 1.06. The molecule has 0 radical (unpaired) electrons. The molecule has 1 N–H and O–H groups in total. The molecule has 0 spiro atoms. The normalized spacial score (nSPS) is 9.94. The molecule has 0 aliphatic rings. The second-order valence-corrected chi connectivity index (χ2v) is 3.28. The minimum atomic E-state index is -0.351. The Bertz CT molecular complexity index is 340. The number of halogens is 1. The second kappa shape index (κ2) is 6.07. The molecule has 0 bridgehead atoms. The first-order valence-corrected chi connectivity index (χ1v) is 4.86. The molecule has 0 fully saturated rings. The van der Waals surface area contributed by atoms with Crippen LogP contribution in [0.2, 0.25) is 0 Å². The van der Waals surface area contributed by atoms with Crippen LogP contribution in [0.4, 0.5) is 4.39 Å². The van der Waals surface area contributed by atoms with Crippen LogP contribution in [0.3, 0.4) is 0 Å². The fraction of sp³-hybridized carbons (Fsp3) is 0.364. The van der Waals surface area contributed by atoms with Crippen molar-refractivity contribution >= 4 is 5.91 Å². The molecule has 0 aliphatic heterocycles. The Morgan fingerprint density at radius 2 is 2.06 bits per heavy atom. The maximum atomic E-state index is 12.6. The summed E-state index contributed by atoms with van der Waals surface area (Å²) in [5.41, 5.74) is 0. The topological polar surface area (TPSA) is 49.8 Å². The molecular formula is C11H14FNO3. The molecule has 1 aromatic carbocycles. The van der Waals surface area contributed by atoms with Crippen LogP contribution in [0.15, 0.2) is 24.3 Å². The summed E-state index contributed by atoms with van der Waals surface area (Å²) < 4.78 is 17.7. The average molecular weight is 227 g/mol. The molecule has 0 atom stereocenters. The van der Waals surface area contributed by atoms with Crippen LogP contribution in [0.5, 0.6) is 5.75 Å². The van der Waals surface area contributed by atoms with E-state index >= 15 is 0 Å². The van der Waals surface area contributed by atoms with E-state index in [4.69, 9.17) is 9.84 Å². The summed E-state index contributed by atoms with van der Waals surface area (Å²) in [6.07, 6.45) is 0. The number of hydrogen-bond acceptors (Lipinski definition) is 3. The van der Waals surface area contributed by atoms with Gasteiger partial charge in [-0.15, -0.1) is 0 Å². The van der Waals surface area contributed by atoms with Gasteiger partial charge in [0.15, 0.2) is 6.61 Å². The molecule has 0 heterocycles. The van der Waals surface area contributed by atoms with E-state index in [0.717, 1.165) is 0 Å². The Labute approximate surface area is 93.3 Å². The van der Waals surface area contributed by atoms with Gasteiger partial charge in [-0.2, -0.15) is 0 Å². The molecule has 4 nitrogen and oxygen atoms in total. The van der Waals surface area contributed by atoms with Crippen molar-refractivity contribution in [2.75, 3.05) is 26.8 Å². The Morgan fingerprint density at radius 3 is 2.62 bits per heavy atom. The lowest BCUT2D eigenvalue weighted by atomic mass is 10.3. The monoisotopic (exact) mass is 227 g/mol. The first kappa shape index (κ1) is 12.4. The van der Waals surface area contributed by atoms with Gasteiger partial charge in [0.05, 0.1) is 6.61 Å². The van der Waals surface area contributed by atoms with Crippen molar-refractivity contribution in [2.45, 2.75) is 0 Å². The molecular weight excluding hydrogens is 213 g/mol. The summed E-state index contributed by atoms with van der Waals surface area (Å²) in [7, 11) is 1.58. The summed E-state index contributed by atoms with van der Waals surface area (Å²) in [4.78, 5) is 12.8. The number of aliphatic hydroxyl groups excluding tert-OH is 1. The van der Waals surface area contributed by atoms with Crippen LogP contribution in [-0.2, 0) is 4.79 Å². The minimum Gasteiger partial charge on any atom is -0.484 e. The molecule has 1 rings (SSSR count). The fourth-order valence-corrected chi connectivity index (χ4v) is 1.06. The molecule has 5 heteroatoms. The van der Waals surface area contributed by atoms with E-state index < -0.39 is 0 Å². The summed E-state index contributed by atoms with van der Waals surface area (Å²) in [6.45, 7) is 0.0620. The lowest BCUT2D eigenvalue weighted by Gasteiger charge is -2.15. The van der Waals surface area contributed by atoms with Gasteiger partial charge < -0.3 is 14.7 Å². The van der Waals surface area contributed by atoms with Crippen LogP contribution in [0.1, 0.15) is 0 Å². The van der Waals surface area contributed by atoms with Crippen LogP contribution in [-0.4, -0.2) is 42.7 Å². The van der Waals surface area contributed by atoms with Gasteiger partial charge in [0, 0.05) is 13.6 Å². The van der Waals surface area contributed by atoms with Gasteiger partial charge >= 0.3 is 0 Å². The number of benzene rings is 1. The standard InChI is InChI=1S/C11H14FNO3/c1-13(6-7-14)11(15)8-16-10-4-2-9(12)3-5-10/h2-5,14H,6-8H2,1H3. The van der Waals surface area contributed by atoms with E-state index in [9.17, 15) is 9.18 Å². The van der Waals surface area contributed by atoms with Gasteiger partial charge in [0.1, 0.15) is 11.6 Å². The number of carbonyl (C=O) groups is 1. The van der Waals surface area contributed by atoms with Gasteiger partial charge in [-0.3, -0.25) is 4.79 Å². The number of aliphatic hydroxyl groups is 1. The predicted octanol–water partition coefficient (Wildman–Crippen LogP) is 0.655. The third-order valence-corrected chi connectivity index (χ3v) is 2.04. The Balaban J connectivity index is 2.39. The van der Waals surface area contributed by atoms with Gasteiger partial charge in [-0.1, -0.05) is 0 Å². The predicted molar refractivity (Wildman–Crippen MR) is 56.6 cm³/mol. The highest BCUT2D eigenvalue weighted by Crippen LogP contribution is 2.10. The SMILES string of the molecule is CN(CCO)C(=O)COc1ccc(F)cc1. The average Bonchev–Trinajstić information content (AvgIpc) is 2.28. The van der Waals surface area contributed by atoms with Crippen LogP contribution in [0, 0.1) is 5.82 Å². The van der Waals surface area contributed by atoms with Crippen molar-refractivity contribution in [2.24, 2.45) is 0 Å². The first-order valence-electron chi connectivity index (χ1n) is 4.86. The largest absolute Gasteiger partial charge is 0.484 e. The van der Waals surface area contributed by atoms with Crippen molar-refractivity contribution in [1.82, 2.24) is 4.90 Å². The molecule has 0 aromatic heterocycles. The quantitative estimate of drug-likeness (QED) is 0.803. The summed E-state index contributed by atoms with van der Waals surface area (Å²) in [5.74, 6) is -0.151. The van der Waals surface area contributed by atoms with Crippen LogP contribution < -0.4 is 4.74 Å². The third-order valence-electron chi connectivity index (χ3n) is 2.04. The van der Waals surface area contributed by atoms with Gasteiger partial charge in [-0.05, 0) is 24.3 Å². The van der Waals surface area contributed by atoms with Gasteiger partial charge in [0.25, 0.3) is 5.91 Å². The maximum absolute atomic E-state index is 12.6. The molecule has 88 valence electrons. The van der Waals surface area contributed by atoms with Crippen molar-refractivity contribution in [3.05, 3.63) is 30.1 Å². The Morgan fingerprint density at radius 1 is 1.44 bits per heavy atom. The van der Waals surface area contributed by atoms with Crippen molar-refractivity contribution < 1.29 is 19.0 Å². The highest BCUT2D eigenvalue weighted by Gasteiger charge is 2.08. The lowest BCUT2D eigenvalue weighted by molar-refractivity contribution is -0.132. The summed E-state index contributed by atoms with van der Waals surface area (Å²) in [6, 6.07) is 5.43. The van der Waals surface area contributed by atoms with Crippen molar-refractivity contribution in [1.29, 1.82) is 0 Å². The molecule has 0 saturated heterocycles. The lowest BCUT2D eigenvalue weighted by Crippen LogP contribution is -2.33. The highest BCUT2D eigenvalue weighted by molar-refractivity contribution is 5.77. The van der Waals surface area contributed by atoms with E-state index in [1.807, 2.05) is 0 Å². The molecule has 1 aromatic rings. The van der Waals surface area contributed by atoms with Crippen molar-refractivity contribution in [3.8, 4) is 5.75 Å². The maximum Gasteiger partial charge on any atom is 0.260 e. The zero-order valence-corrected chi connectivity index (χ0v) is 9.02. The zero-order valence-electron chi connectivity index (χ0n) is 9.02. The number of rotatable bonds is 5. The zero-order chi connectivity index (χ0) is 12.0. The molecule has 0 aliphatic carbocycles. The number of hydrogen-bond donors (Lipinski definition) is 1. The molecule has 0 saturated carbocycles. The summed E-state index contributed by atoms with van der Waals surface area (Å²) in [5, 5.41) is 8.62. The van der Waals surface area contributed by atoms with Crippen molar-refractivity contribution in [3.63, 3.8) is 0 Å². The molecule has 0 unspecified atom stereocenters. The summed E-state index contributed by atoms with van der Waals surface area (Å²) >= 11 is 0. The first-order chi connectivity index (χ1) is 7.63. The van der Waals surface area contributed by atoms with E-state index in [2.05, 4.69) is 0 Å².